The van der Waals surface area contributed by atoms with Crippen LogP contribution in [0.3, 0.4) is 0 Å². The number of nitrogens with one attached hydrogen (secondary N) is 1. The first-order chi connectivity index (χ1) is 12.7. The molecule has 0 radical (unpaired) electrons. The van der Waals surface area contributed by atoms with Gasteiger partial charge in [-0.15, -0.1) is 0 Å². The summed E-state index contributed by atoms with van der Waals surface area (Å²) in [4.78, 5) is 30.6. The third-order valence-corrected chi connectivity index (χ3v) is 5.82. The van der Waals surface area contributed by atoms with Crippen LogP contribution in [-0.2, 0) is 9.53 Å². The lowest BCUT2D eigenvalue weighted by molar-refractivity contribution is -0.123. The van der Waals surface area contributed by atoms with Gasteiger partial charge in [-0.05, 0) is 44.2 Å². The van der Waals surface area contributed by atoms with Gasteiger partial charge < -0.3 is 4.74 Å². The maximum absolute atomic E-state index is 13.0. The van der Waals surface area contributed by atoms with E-state index in [-0.39, 0.29) is 29.4 Å². The van der Waals surface area contributed by atoms with Crippen molar-refractivity contribution in [2.45, 2.75) is 57.0 Å². The Kier molecular flexibility index (Phi) is 4.76. The maximum atomic E-state index is 13.0. The van der Waals surface area contributed by atoms with E-state index in [1.807, 2.05) is 18.2 Å². The third-order valence-electron chi connectivity index (χ3n) is 5.82. The number of carbonyl (C=O) groups excluding carboxylic acids is 1. The number of methoxy groups -OCH3 is 1. The van der Waals surface area contributed by atoms with Gasteiger partial charge in [0.15, 0.2) is 0 Å². The fourth-order valence-electron chi connectivity index (χ4n) is 4.00. The van der Waals surface area contributed by atoms with Gasteiger partial charge in [0, 0.05) is 18.9 Å². The molecule has 1 aromatic heterocycles. The average Bonchev–Trinajstić information content (AvgIpc) is 2.63. The molecule has 1 N–H and O–H groups in total. The summed E-state index contributed by atoms with van der Waals surface area (Å²) in [6, 6.07) is 7.33. The fourth-order valence-corrected chi connectivity index (χ4v) is 4.00. The van der Waals surface area contributed by atoms with Crippen molar-refractivity contribution in [1.29, 1.82) is 0 Å². The third kappa shape index (κ3) is 3.14. The molecule has 6 heteroatoms. The smallest absolute Gasteiger partial charge is 0.280 e. The molecule has 138 valence electrons. The Morgan fingerprint density at radius 2 is 1.96 bits per heavy atom. The predicted octanol–water partition coefficient (Wildman–Crippen LogP) is 2.94. The van der Waals surface area contributed by atoms with Crippen LogP contribution in [0.15, 0.2) is 29.1 Å². The van der Waals surface area contributed by atoms with Gasteiger partial charge in [-0.25, -0.2) is 9.66 Å². The van der Waals surface area contributed by atoms with Gasteiger partial charge in [0.1, 0.15) is 5.82 Å². The molecule has 1 aromatic carbocycles. The zero-order valence-corrected chi connectivity index (χ0v) is 15.1. The second kappa shape index (κ2) is 7.19. The van der Waals surface area contributed by atoms with Crippen LogP contribution < -0.4 is 11.0 Å². The molecule has 2 saturated carbocycles. The van der Waals surface area contributed by atoms with E-state index in [4.69, 9.17) is 9.72 Å². The van der Waals surface area contributed by atoms with Crippen molar-refractivity contribution >= 4 is 16.8 Å². The van der Waals surface area contributed by atoms with Gasteiger partial charge in [0.25, 0.3) is 5.56 Å². The second-order valence-electron chi connectivity index (χ2n) is 7.45. The summed E-state index contributed by atoms with van der Waals surface area (Å²) >= 11 is 0. The highest BCUT2D eigenvalue weighted by molar-refractivity contribution is 5.87. The van der Waals surface area contributed by atoms with E-state index in [0.717, 1.165) is 38.5 Å². The number of rotatable bonds is 4. The molecule has 6 nitrogen and oxygen atoms in total. The van der Waals surface area contributed by atoms with Gasteiger partial charge in [0.2, 0.25) is 5.91 Å². The van der Waals surface area contributed by atoms with Gasteiger partial charge in [-0.2, -0.15) is 0 Å². The van der Waals surface area contributed by atoms with Crippen LogP contribution in [-0.4, -0.2) is 28.8 Å². The molecule has 0 unspecified atom stereocenters. The summed E-state index contributed by atoms with van der Waals surface area (Å²) < 4.78 is 6.84. The van der Waals surface area contributed by atoms with E-state index in [0.29, 0.717) is 23.1 Å². The molecule has 0 bridgehead atoms. The molecule has 1 amide bonds. The summed E-state index contributed by atoms with van der Waals surface area (Å²) in [6.07, 6.45) is 6.78. The molecular weight excluding hydrogens is 330 g/mol. The fraction of sp³-hybridized carbons (Fsp3) is 0.550. The van der Waals surface area contributed by atoms with Gasteiger partial charge in [-0.3, -0.25) is 15.0 Å². The molecule has 2 aliphatic carbocycles. The van der Waals surface area contributed by atoms with Crippen LogP contribution in [0.4, 0.5) is 0 Å². The Morgan fingerprint density at radius 3 is 2.69 bits per heavy atom. The molecule has 0 saturated heterocycles. The first kappa shape index (κ1) is 17.2. The number of carbonyl (C=O) groups is 1. The number of benzene rings is 1. The highest BCUT2D eigenvalue weighted by Gasteiger charge is 2.30. The van der Waals surface area contributed by atoms with Crippen LogP contribution in [0.25, 0.3) is 10.9 Å². The van der Waals surface area contributed by atoms with Crippen LogP contribution >= 0.6 is 0 Å². The summed E-state index contributed by atoms with van der Waals surface area (Å²) in [5, 5.41) is 0.536. The number of nitrogens with zero attached hydrogens (tertiary/aromatic N) is 2. The Balaban J connectivity index is 1.67. The van der Waals surface area contributed by atoms with E-state index >= 15 is 0 Å². The minimum Gasteiger partial charge on any atom is -0.381 e. The highest BCUT2D eigenvalue weighted by atomic mass is 16.5. The standard InChI is InChI=1S/C20H25N3O3/c1-26-15-9-5-8-14(12-15)19(24)22-23-18(13-6-4-7-13)21-17-11-3-2-10-16(17)20(23)25/h2-3,10-11,13-15H,4-9,12H2,1H3,(H,22,24)/t14-,15+/m1/s1. The molecule has 2 atom stereocenters. The molecule has 26 heavy (non-hydrogen) atoms. The average molecular weight is 355 g/mol. The van der Waals surface area contributed by atoms with Crippen LogP contribution in [0.2, 0.25) is 0 Å². The summed E-state index contributed by atoms with van der Waals surface area (Å²) in [6.45, 7) is 0. The number of para-hydroxylation sites is 1. The van der Waals surface area contributed by atoms with Crippen molar-refractivity contribution < 1.29 is 9.53 Å². The largest absolute Gasteiger partial charge is 0.381 e. The van der Waals surface area contributed by atoms with Crippen molar-refractivity contribution in [3.8, 4) is 0 Å². The molecule has 1 heterocycles. The molecule has 2 fully saturated rings. The molecule has 0 spiro atoms. The number of aromatic nitrogens is 2. The Hall–Kier alpha value is -2.21. The lowest BCUT2D eigenvalue weighted by Crippen LogP contribution is -2.42. The monoisotopic (exact) mass is 355 g/mol. The number of amides is 1. The van der Waals surface area contributed by atoms with Gasteiger partial charge >= 0.3 is 0 Å². The molecule has 0 aliphatic heterocycles. The SMILES string of the molecule is CO[C@H]1CCC[C@@H](C(=O)Nn2c(C3CCC3)nc3ccccc3c2=O)C1. The normalized spacial score (nSPS) is 23.6. The van der Waals surface area contributed by atoms with E-state index in [1.165, 1.54) is 4.68 Å². The van der Waals surface area contributed by atoms with Crippen molar-refractivity contribution in [3.63, 3.8) is 0 Å². The first-order valence-corrected chi connectivity index (χ1v) is 9.52. The number of hydrogen-bond donors (Lipinski definition) is 1. The van der Waals surface area contributed by atoms with Gasteiger partial charge in [-0.1, -0.05) is 25.0 Å². The number of hydrogen-bond acceptors (Lipinski definition) is 4. The molecule has 2 aromatic rings. The van der Waals surface area contributed by atoms with Crippen molar-refractivity contribution in [2.24, 2.45) is 5.92 Å². The Morgan fingerprint density at radius 1 is 1.19 bits per heavy atom. The minimum absolute atomic E-state index is 0.105. The lowest BCUT2D eigenvalue weighted by Gasteiger charge is -2.30. The minimum atomic E-state index is -0.190. The summed E-state index contributed by atoms with van der Waals surface area (Å²) in [5.41, 5.74) is 3.39. The second-order valence-corrected chi connectivity index (χ2v) is 7.45. The molecule has 4 rings (SSSR count). The lowest BCUT2D eigenvalue weighted by atomic mass is 9.84. The first-order valence-electron chi connectivity index (χ1n) is 9.52. The summed E-state index contributed by atoms with van der Waals surface area (Å²) in [5.74, 6) is 0.700. The molecular formula is C20H25N3O3. The predicted molar refractivity (Wildman–Crippen MR) is 99.7 cm³/mol. The van der Waals surface area contributed by atoms with E-state index in [1.54, 1.807) is 13.2 Å². The van der Waals surface area contributed by atoms with E-state index < -0.39 is 0 Å². The van der Waals surface area contributed by atoms with Crippen molar-refractivity contribution in [3.05, 3.63) is 40.4 Å². The number of ether oxygens (including phenoxy) is 1. The van der Waals surface area contributed by atoms with Crippen molar-refractivity contribution in [2.75, 3.05) is 12.5 Å². The van der Waals surface area contributed by atoms with Crippen LogP contribution in [0, 0.1) is 5.92 Å². The van der Waals surface area contributed by atoms with Crippen LogP contribution in [0.1, 0.15) is 56.7 Å². The quantitative estimate of drug-likeness (QED) is 0.915. The Bertz CT molecular complexity index is 872. The van der Waals surface area contributed by atoms with Crippen LogP contribution in [0.5, 0.6) is 0 Å². The zero-order valence-electron chi connectivity index (χ0n) is 15.1. The van der Waals surface area contributed by atoms with Gasteiger partial charge in [0.05, 0.1) is 17.0 Å². The highest BCUT2D eigenvalue weighted by Crippen LogP contribution is 2.35. The van der Waals surface area contributed by atoms with E-state index in [2.05, 4.69) is 5.43 Å². The maximum Gasteiger partial charge on any atom is 0.280 e. The zero-order chi connectivity index (χ0) is 18.1. The topological polar surface area (TPSA) is 73.2 Å². The summed E-state index contributed by atoms with van der Waals surface area (Å²) in [7, 11) is 1.69. The van der Waals surface area contributed by atoms with Crippen molar-refractivity contribution in [1.82, 2.24) is 9.66 Å². The van der Waals surface area contributed by atoms with E-state index in [9.17, 15) is 9.59 Å². The number of fused-ring (bicyclic) bond motifs is 1. The molecule has 2 aliphatic rings. The Labute approximate surface area is 152 Å².